The highest BCUT2D eigenvalue weighted by Gasteiger charge is 2.15. The predicted octanol–water partition coefficient (Wildman–Crippen LogP) is 3.99. The van der Waals surface area contributed by atoms with Gasteiger partial charge in [-0.2, -0.15) is 0 Å². The number of rotatable bonds is 6. The van der Waals surface area contributed by atoms with Crippen molar-refractivity contribution in [2.45, 2.75) is 19.9 Å². The molecule has 0 saturated carbocycles. The van der Waals surface area contributed by atoms with Crippen LogP contribution < -0.4 is 9.47 Å². The quantitative estimate of drug-likeness (QED) is 0.477. The molecule has 0 aliphatic heterocycles. The van der Waals surface area contributed by atoms with E-state index in [0.29, 0.717) is 0 Å². The molecular formula is C21H24ClN4+. The monoisotopic (exact) mass is 367 g/mol. The number of imidazole rings is 1. The Hall–Kier alpha value is -2.59. The molecule has 3 aromatic rings. The van der Waals surface area contributed by atoms with Gasteiger partial charge in [0, 0.05) is 31.2 Å². The van der Waals surface area contributed by atoms with E-state index in [-0.39, 0.29) is 0 Å². The molecule has 0 N–H and O–H groups in total. The Morgan fingerprint density at radius 2 is 1.77 bits per heavy atom. The summed E-state index contributed by atoms with van der Waals surface area (Å²) in [7, 11) is 4.08. The zero-order valence-corrected chi connectivity index (χ0v) is 16.2. The van der Waals surface area contributed by atoms with E-state index in [9.17, 15) is 0 Å². The molecule has 0 aliphatic rings. The second-order valence-corrected chi connectivity index (χ2v) is 6.83. The number of benzene rings is 2. The van der Waals surface area contributed by atoms with E-state index >= 15 is 0 Å². The van der Waals surface area contributed by atoms with E-state index in [1.54, 1.807) is 0 Å². The Bertz CT molecular complexity index is 877. The third kappa shape index (κ3) is 4.33. The third-order valence-electron chi connectivity index (χ3n) is 4.31. The lowest BCUT2D eigenvalue weighted by Crippen LogP contribution is -2.37. The molecule has 5 heteroatoms. The first kappa shape index (κ1) is 18.2. The van der Waals surface area contributed by atoms with Gasteiger partial charge in [0.2, 0.25) is 0 Å². The molecule has 1 aromatic heterocycles. The molecule has 4 nitrogen and oxygen atoms in total. The van der Waals surface area contributed by atoms with E-state index in [1.807, 2.05) is 43.3 Å². The second-order valence-electron chi connectivity index (χ2n) is 6.40. The molecule has 3 rings (SSSR count). The number of hydrogen-bond acceptors (Lipinski definition) is 2. The van der Waals surface area contributed by atoms with Crippen LogP contribution in [0.25, 0.3) is 0 Å². The topological polar surface area (TPSA) is 24.4 Å². The Morgan fingerprint density at radius 1 is 1.08 bits per heavy atom. The van der Waals surface area contributed by atoms with E-state index in [2.05, 4.69) is 64.1 Å². The molecule has 0 atom stereocenters. The first-order chi connectivity index (χ1) is 12.6. The lowest BCUT2D eigenvalue weighted by molar-refractivity contribution is -0.695. The summed E-state index contributed by atoms with van der Waals surface area (Å²) >= 11 is 5.97. The van der Waals surface area contributed by atoms with Crippen molar-refractivity contribution in [3.05, 3.63) is 82.9 Å². The number of nitrogens with zero attached hydrogens (tertiary/aromatic N) is 4. The fourth-order valence-corrected chi connectivity index (χ4v) is 2.96. The minimum Gasteiger partial charge on any atom is -0.378 e. The van der Waals surface area contributed by atoms with Gasteiger partial charge in [0.15, 0.2) is 6.20 Å². The maximum atomic E-state index is 5.97. The molecule has 134 valence electrons. The number of halogens is 1. The maximum Gasteiger partial charge on any atom is 0.282 e. The largest absolute Gasteiger partial charge is 0.378 e. The standard InChI is InChI=1S/C21H24ClN4/c1-4-21-25(16-18-5-9-19(22)10-6-18)13-14-26(21)23-15-17-7-11-20(12-8-17)24(2)3/h5-15H,4,16H2,1-3H3/q+1. The van der Waals surface area contributed by atoms with Crippen LogP contribution in [0.4, 0.5) is 5.69 Å². The van der Waals surface area contributed by atoms with Gasteiger partial charge in [-0.3, -0.25) is 0 Å². The molecule has 0 spiro atoms. The summed E-state index contributed by atoms with van der Waals surface area (Å²) in [6, 6.07) is 16.3. The van der Waals surface area contributed by atoms with Crippen LogP contribution in [0.5, 0.6) is 0 Å². The van der Waals surface area contributed by atoms with E-state index in [0.717, 1.165) is 29.4 Å². The Morgan fingerprint density at radius 3 is 2.38 bits per heavy atom. The normalized spacial score (nSPS) is 11.2. The van der Waals surface area contributed by atoms with Gasteiger partial charge in [-0.25, -0.2) is 4.57 Å². The molecule has 2 aromatic carbocycles. The zero-order valence-electron chi connectivity index (χ0n) is 15.4. The van der Waals surface area contributed by atoms with Crippen molar-refractivity contribution in [3.63, 3.8) is 0 Å². The van der Waals surface area contributed by atoms with E-state index in [1.165, 1.54) is 11.3 Å². The molecule has 0 aliphatic carbocycles. The summed E-state index contributed by atoms with van der Waals surface area (Å²) in [6.07, 6.45) is 6.86. The predicted molar refractivity (Wildman–Crippen MR) is 108 cm³/mol. The summed E-state index contributed by atoms with van der Waals surface area (Å²) in [5.74, 6) is 1.15. The van der Waals surface area contributed by atoms with Crippen molar-refractivity contribution in [2.75, 3.05) is 19.0 Å². The van der Waals surface area contributed by atoms with Gasteiger partial charge < -0.3 is 4.90 Å². The van der Waals surface area contributed by atoms with Crippen molar-refractivity contribution in [2.24, 2.45) is 5.10 Å². The highest BCUT2D eigenvalue weighted by molar-refractivity contribution is 6.30. The Balaban J connectivity index is 1.78. The van der Waals surface area contributed by atoms with Crippen molar-refractivity contribution in [1.82, 2.24) is 4.68 Å². The molecule has 26 heavy (non-hydrogen) atoms. The van der Waals surface area contributed by atoms with Gasteiger partial charge in [-0.1, -0.05) is 47.9 Å². The smallest absolute Gasteiger partial charge is 0.282 e. The summed E-state index contributed by atoms with van der Waals surface area (Å²) in [6.45, 7) is 2.95. The van der Waals surface area contributed by atoms with Gasteiger partial charge in [-0.15, -0.1) is 4.68 Å². The first-order valence-corrected chi connectivity index (χ1v) is 9.10. The van der Waals surface area contributed by atoms with Crippen molar-refractivity contribution >= 4 is 23.5 Å². The fraction of sp³-hybridized carbons (Fsp3) is 0.238. The van der Waals surface area contributed by atoms with Crippen LogP contribution in [-0.4, -0.2) is 25.0 Å². The SMILES string of the molecule is CCc1n(N=Cc2ccc(N(C)C)cc2)cc[n+]1Cc1ccc(Cl)cc1. The molecule has 0 fully saturated rings. The summed E-state index contributed by atoms with van der Waals surface area (Å²) in [5.41, 5.74) is 3.48. The van der Waals surface area contributed by atoms with Gasteiger partial charge in [0.25, 0.3) is 5.82 Å². The summed E-state index contributed by atoms with van der Waals surface area (Å²) in [5, 5.41) is 5.40. The van der Waals surface area contributed by atoms with Crippen molar-refractivity contribution in [1.29, 1.82) is 0 Å². The minimum absolute atomic E-state index is 0.761. The van der Waals surface area contributed by atoms with E-state index in [4.69, 9.17) is 11.6 Å². The number of anilines is 1. The highest BCUT2D eigenvalue weighted by atomic mass is 35.5. The molecule has 1 heterocycles. The average Bonchev–Trinajstić information content (AvgIpc) is 3.03. The van der Waals surface area contributed by atoms with Gasteiger partial charge in [0.1, 0.15) is 12.7 Å². The van der Waals surface area contributed by atoms with Gasteiger partial charge >= 0.3 is 0 Å². The molecule has 0 amide bonds. The lowest BCUT2D eigenvalue weighted by Gasteiger charge is -2.11. The van der Waals surface area contributed by atoms with Crippen LogP contribution in [0.15, 0.2) is 66.0 Å². The molecule has 0 saturated heterocycles. The molecular weight excluding hydrogens is 344 g/mol. The first-order valence-electron chi connectivity index (χ1n) is 8.72. The number of hydrogen-bond donors (Lipinski definition) is 0. The van der Waals surface area contributed by atoms with E-state index < -0.39 is 0 Å². The van der Waals surface area contributed by atoms with Crippen LogP contribution in [0.1, 0.15) is 23.9 Å². The minimum atomic E-state index is 0.761. The maximum absolute atomic E-state index is 5.97. The van der Waals surface area contributed by atoms with Gasteiger partial charge in [-0.05, 0) is 35.4 Å². The Labute approximate surface area is 160 Å². The molecule has 0 bridgehead atoms. The fourth-order valence-electron chi connectivity index (χ4n) is 2.84. The van der Waals surface area contributed by atoms with Gasteiger partial charge in [0.05, 0.1) is 6.21 Å². The average molecular weight is 368 g/mol. The van der Waals surface area contributed by atoms with Crippen LogP contribution in [0, 0.1) is 0 Å². The second kappa shape index (κ2) is 8.19. The number of aromatic nitrogens is 2. The van der Waals surface area contributed by atoms with Crippen molar-refractivity contribution in [3.8, 4) is 0 Å². The van der Waals surface area contributed by atoms with Crippen LogP contribution in [0.2, 0.25) is 5.02 Å². The zero-order chi connectivity index (χ0) is 18.5. The van der Waals surface area contributed by atoms with Crippen LogP contribution in [-0.2, 0) is 13.0 Å². The summed E-state index contributed by atoms with van der Waals surface area (Å²) in [4.78, 5) is 2.09. The van der Waals surface area contributed by atoms with Crippen LogP contribution in [0.3, 0.4) is 0 Å². The molecule has 0 radical (unpaired) electrons. The van der Waals surface area contributed by atoms with Crippen LogP contribution >= 0.6 is 11.6 Å². The van der Waals surface area contributed by atoms with Crippen molar-refractivity contribution < 1.29 is 4.57 Å². The Kier molecular flexibility index (Phi) is 5.74. The molecule has 0 unspecified atom stereocenters. The highest BCUT2D eigenvalue weighted by Crippen LogP contribution is 2.12. The third-order valence-corrected chi connectivity index (χ3v) is 4.56. The lowest BCUT2D eigenvalue weighted by atomic mass is 10.2. The summed E-state index contributed by atoms with van der Waals surface area (Å²) < 4.78 is 4.16.